The molecule has 4 heteroatoms. The van der Waals surface area contributed by atoms with E-state index in [-0.39, 0.29) is 4.90 Å². The van der Waals surface area contributed by atoms with Crippen molar-refractivity contribution in [3.8, 4) is 0 Å². The Bertz CT molecular complexity index is 539. The Labute approximate surface area is 95.6 Å². The summed E-state index contributed by atoms with van der Waals surface area (Å²) in [7, 11) is -3.52. The van der Waals surface area contributed by atoms with Crippen LogP contribution in [0.1, 0.15) is 18.4 Å². The standard InChI is InChI=1S/C12H13NO2S/c1-10-6-8-12(9-7-10)16(14,15)13-11-4-2-3-5-11/h2,4,6-9H,3,5H2,1H3. The van der Waals surface area contributed by atoms with Crippen LogP contribution < -0.4 is 0 Å². The third kappa shape index (κ3) is 2.39. The van der Waals surface area contributed by atoms with Crippen LogP contribution in [0.4, 0.5) is 0 Å². The molecule has 0 saturated carbocycles. The average molecular weight is 235 g/mol. The van der Waals surface area contributed by atoms with Gasteiger partial charge in [-0.3, -0.25) is 0 Å². The van der Waals surface area contributed by atoms with Crippen LogP contribution in [0.15, 0.2) is 45.7 Å². The zero-order valence-corrected chi connectivity index (χ0v) is 9.87. The molecule has 0 unspecified atom stereocenters. The van der Waals surface area contributed by atoms with E-state index in [1.807, 2.05) is 13.0 Å². The van der Waals surface area contributed by atoms with E-state index in [2.05, 4.69) is 4.40 Å². The van der Waals surface area contributed by atoms with Gasteiger partial charge in [0.05, 0.1) is 10.6 Å². The van der Waals surface area contributed by atoms with Crippen molar-refractivity contribution in [2.75, 3.05) is 0 Å². The van der Waals surface area contributed by atoms with Crippen LogP contribution >= 0.6 is 0 Å². The van der Waals surface area contributed by atoms with Gasteiger partial charge >= 0.3 is 0 Å². The summed E-state index contributed by atoms with van der Waals surface area (Å²) in [5.41, 5.74) is 1.67. The molecule has 0 radical (unpaired) electrons. The Kier molecular flexibility index (Phi) is 2.92. The van der Waals surface area contributed by atoms with Crippen LogP contribution in [0.5, 0.6) is 0 Å². The third-order valence-electron chi connectivity index (χ3n) is 2.43. The minimum atomic E-state index is -3.52. The van der Waals surface area contributed by atoms with Crippen molar-refractivity contribution in [2.45, 2.75) is 24.7 Å². The monoisotopic (exact) mass is 235 g/mol. The minimum Gasteiger partial charge on any atom is -0.199 e. The molecule has 0 bridgehead atoms. The van der Waals surface area contributed by atoms with E-state index in [1.54, 1.807) is 30.3 Å². The van der Waals surface area contributed by atoms with Gasteiger partial charge in [-0.05, 0) is 38.0 Å². The molecule has 84 valence electrons. The number of aryl methyl sites for hydroxylation is 1. The number of allylic oxidation sites excluding steroid dienone is 2. The van der Waals surface area contributed by atoms with E-state index >= 15 is 0 Å². The molecule has 0 aromatic heterocycles. The lowest BCUT2D eigenvalue weighted by atomic mass is 10.2. The molecule has 0 aliphatic heterocycles. The molecule has 0 N–H and O–H groups in total. The Morgan fingerprint density at radius 1 is 1.19 bits per heavy atom. The SMILES string of the molecule is Cc1ccc(S(=O)(=O)N=C2C=CCC2)cc1. The number of hydrogen-bond donors (Lipinski definition) is 0. The Morgan fingerprint density at radius 3 is 2.44 bits per heavy atom. The highest BCUT2D eigenvalue weighted by Crippen LogP contribution is 2.16. The number of nitrogens with zero attached hydrogens (tertiary/aromatic N) is 1. The van der Waals surface area contributed by atoms with Gasteiger partial charge in [-0.2, -0.15) is 12.8 Å². The van der Waals surface area contributed by atoms with Gasteiger partial charge < -0.3 is 0 Å². The van der Waals surface area contributed by atoms with Crippen molar-refractivity contribution in [2.24, 2.45) is 4.40 Å². The molecule has 1 aliphatic carbocycles. The number of benzene rings is 1. The van der Waals surface area contributed by atoms with E-state index in [4.69, 9.17) is 0 Å². The van der Waals surface area contributed by atoms with Crippen LogP contribution in [-0.2, 0) is 10.0 Å². The molecule has 3 nitrogen and oxygen atoms in total. The lowest BCUT2D eigenvalue weighted by Crippen LogP contribution is -2.01. The van der Waals surface area contributed by atoms with Crippen molar-refractivity contribution in [3.05, 3.63) is 42.0 Å². The van der Waals surface area contributed by atoms with E-state index in [9.17, 15) is 8.42 Å². The fourth-order valence-electron chi connectivity index (χ4n) is 1.53. The average Bonchev–Trinajstić information content (AvgIpc) is 2.70. The first-order chi connectivity index (χ1) is 7.58. The van der Waals surface area contributed by atoms with Gasteiger partial charge in [0.1, 0.15) is 0 Å². The fourth-order valence-corrected chi connectivity index (χ4v) is 2.57. The molecule has 0 heterocycles. The largest absolute Gasteiger partial charge is 0.282 e. The number of hydrogen-bond acceptors (Lipinski definition) is 2. The van der Waals surface area contributed by atoms with Crippen LogP contribution in [0.25, 0.3) is 0 Å². The zero-order valence-electron chi connectivity index (χ0n) is 9.05. The van der Waals surface area contributed by atoms with Crippen molar-refractivity contribution in [1.29, 1.82) is 0 Å². The maximum atomic E-state index is 11.9. The Hall–Kier alpha value is -1.42. The summed E-state index contributed by atoms with van der Waals surface area (Å²) in [6.07, 6.45) is 5.29. The lowest BCUT2D eigenvalue weighted by Gasteiger charge is -2.00. The summed E-state index contributed by atoms with van der Waals surface area (Å²) in [5.74, 6) is 0. The molecule has 0 atom stereocenters. The maximum absolute atomic E-state index is 11.9. The topological polar surface area (TPSA) is 46.5 Å². The number of rotatable bonds is 2. The summed E-state index contributed by atoms with van der Waals surface area (Å²) < 4.78 is 27.6. The van der Waals surface area contributed by atoms with Gasteiger partial charge in [-0.15, -0.1) is 0 Å². The maximum Gasteiger partial charge on any atom is 0.282 e. The second kappa shape index (κ2) is 4.22. The molecule has 0 spiro atoms. The van der Waals surface area contributed by atoms with Crippen LogP contribution in [-0.4, -0.2) is 14.1 Å². The second-order valence-corrected chi connectivity index (χ2v) is 5.42. The van der Waals surface area contributed by atoms with Gasteiger partial charge in [-0.1, -0.05) is 23.8 Å². The van der Waals surface area contributed by atoms with Crippen LogP contribution in [0, 0.1) is 6.92 Å². The summed E-state index contributed by atoms with van der Waals surface area (Å²) in [6.45, 7) is 1.92. The molecule has 0 fully saturated rings. The molecule has 0 amide bonds. The molecule has 1 aliphatic rings. The van der Waals surface area contributed by atoms with Crippen molar-refractivity contribution in [3.63, 3.8) is 0 Å². The molecule has 0 saturated heterocycles. The molecular weight excluding hydrogens is 222 g/mol. The predicted molar refractivity (Wildman–Crippen MR) is 64.2 cm³/mol. The normalized spacial score (nSPS) is 18.2. The summed E-state index contributed by atoms with van der Waals surface area (Å²) in [5, 5.41) is 0. The van der Waals surface area contributed by atoms with E-state index in [1.165, 1.54) is 0 Å². The Balaban J connectivity index is 2.35. The highest BCUT2D eigenvalue weighted by atomic mass is 32.2. The highest BCUT2D eigenvalue weighted by Gasteiger charge is 2.14. The van der Waals surface area contributed by atoms with Crippen LogP contribution in [0.3, 0.4) is 0 Å². The van der Waals surface area contributed by atoms with Gasteiger partial charge in [0.15, 0.2) is 0 Å². The van der Waals surface area contributed by atoms with Crippen molar-refractivity contribution in [1.82, 2.24) is 0 Å². The van der Waals surface area contributed by atoms with Gasteiger partial charge in [0.2, 0.25) is 0 Å². The second-order valence-electron chi connectivity index (χ2n) is 3.81. The summed E-state index contributed by atoms with van der Waals surface area (Å²) in [4.78, 5) is 0.255. The fraction of sp³-hybridized carbons (Fsp3) is 0.250. The van der Waals surface area contributed by atoms with Gasteiger partial charge in [-0.25, -0.2) is 0 Å². The van der Waals surface area contributed by atoms with Crippen molar-refractivity contribution < 1.29 is 8.42 Å². The van der Waals surface area contributed by atoms with Gasteiger partial charge in [0.25, 0.3) is 10.0 Å². The quantitative estimate of drug-likeness (QED) is 0.790. The summed E-state index contributed by atoms with van der Waals surface area (Å²) >= 11 is 0. The molecule has 2 rings (SSSR count). The molecule has 1 aromatic carbocycles. The first-order valence-electron chi connectivity index (χ1n) is 5.15. The Morgan fingerprint density at radius 2 is 1.88 bits per heavy atom. The molecule has 1 aromatic rings. The summed E-state index contributed by atoms with van der Waals surface area (Å²) in [6, 6.07) is 6.73. The third-order valence-corrected chi connectivity index (χ3v) is 3.78. The predicted octanol–water partition coefficient (Wildman–Crippen LogP) is 2.47. The van der Waals surface area contributed by atoms with E-state index in [0.29, 0.717) is 12.1 Å². The van der Waals surface area contributed by atoms with E-state index in [0.717, 1.165) is 12.0 Å². The minimum absolute atomic E-state index is 0.255. The first-order valence-corrected chi connectivity index (χ1v) is 6.59. The lowest BCUT2D eigenvalue weighted by molar-refractivity contribution is 0.598. The highest BCUT2D eigenvalue weighted by molar-refractivity contribution is 7.90. The van der Waals surface area contributed by atoms with E-state index < -0.39 is 10.0 Å². The van der Waals surface area contributed by atoms with Crippen LogP contribution in [0.2, 0.25) is 0 Å². The first kappa shape index (κ1) is 11.1. The van der Waals surface area contributed by atoms with Gasteiger partial charge in [0, 0.05) is 0 Å². The zero-order chi connectivity index (χ0) is 11.6. The number of sulfonamides is 1. The molecule has 16 heavy (non-hydrogen) atoms. The molecular formula is C12H13NO2S. The smallest absolute Gasteiger partial charge is 0.199 e. The van der Waals surface area contributed by atoms with Crippen molar-refractivity contribution >= 4 is 15.7 Å².